The summed E-state index contributed by atoms with van der Waals surface area (Å²) in [6.45, 7) is 3.67. The summed E-state index contributed by atoms with van der Waals surface area (Å²) in [5.41, 5.74) is 0.481. The third-order valence-electron chi connectivity index (χ3n) is 3.85. The van der Waals surface area contributed by atoms with Crippen LogP contribution in [0.3, 0.4) is 0 Å². The lowest BCUT2D eigenvalue weighted by atomic mass is 10.0. The molecule has 23 heavy (non-hydrogen) atoms. The van der Waals surface area contributed by atoms with Gasteiger partial charge in [-0.25, -0.2) is 8.42 Å². The van der Waals surface area contributed by atoms with Crippen molar-refractivity contribution in [3.8, 4) is 0 Å². The van der Waals surface area contributed by atoms with E-state index in [2.05, 4.69) is 10.6 Å². The molecule has 1 saturated heterocycles. The quantitative estimate of drug-likeness (QED) is 0.828. The van der Waals surface area contributed by atoms with Crippen LogP contribution in [-0.4, -0.2) is 43.8 Å². The van der Waals surface area contributed by atoms with Crippen molar-refractivity contribution in [1.82, 2.24) is 10.6 Å². The zero-order valence-electron chi connectivity index (χ0n) is 13.3. The van der Waals surface area contributed by atoms with E-state index in [1.807, 2.05) is 19.9 Å². The van der Waals surface area contributed by atoms with Crippen molar-refractivity contribution in [1.29, 1.82) is 0 Å². The van der Waals surface area contributed by atoms with Gasteiger partial charge in [-0.05, 0) is 24.5 Å². The van der Waals surface area contributed by atoms with Crippen molar-refractivity contribution in [3.05, 3.63) is 35.9 Å². The highest BCUT2D eigenvalue weighted by Crippen LogP contribution is 2.12. The molecular formula is C16H22N2O4S. The van der Waals surface area contributed by atoms with Gasteiger partial charge in [-0.1, -0.05) is 32.0 Å². The Kier molecular flexibility index (Phi) is 5.41. The zero-order chi connectivity index (χ0) is 17.0. The molecule has 1 heterocycles. The molecule has 2 amide bonds. The number of benzene rings is 1. The first-order chi connectivity index (χ1) is 10.8. The minimum absolute atomic E-state index is 0.0316. The van der Waals surface area contributed by atoms with Gasteiger partial charge in [-0.15, -0.1) is 0 Å². The van der Waals surface area contributed by atoms with E-state index in [0.717, 1.165) is 0 Å². The second-order valence-electron chi connectivity index (χ2n) is 6.17. The van der Waals surface area contributed by atoms with Crippen LogP contribution in [0.15, 0.2) is 30.3 Å². The normalized spacial score (nSPS) is 20.9. The largest absolute Gasteiger partial charge is 0.351 e. The van der Waals surface area contributed by atoms with Gasteiger partial charge < -0.3 is 10.6 Å². The van der Waals surface area contributed by atoms with Crippen LogP contribution >= 0.6 is 0 Å². The third kappa shape index (κ3) is 4.79. The van der Waals surface area contributed by atoms with Crippen LogP contribution < -0.4 is 10.6 Å². The van der Waals surface area contributed by atoms with E-state index < -0.39 is 15.9 Å². The highest BCUT2D eigenvalue weighted by atomic mass is 32.2. The molecule has 126 valence electrons. The average molecular weight is 338 g/mol. The molecule has 7 heteroatoms. The molecule has 6 nitrogen and oxygen atoms in total. The lowest BCUT2D eigenvalue weighted by Crippen LogP contribution is -2.52. The Morgan fingerprint density at radius 3 is 2.35 bits per heavy atom. The molecule has 1 aliphatic rings. The first-order valence-corrected chi connectivity index (χ1v) is 9.47. The lowest BCUT2D eigenvalue weighted by Gasteiger charge is -2.23. The molecule has 0 bridgehead atoms. The zero-order valence-corrected chi connectivity index (χ0v) is 14.1. The minimum Gasteiger partial charge on any atom is -0.351 e. The number of sulfone groups is 1. The first kappa shape index (κ1) is 17.5. The van der Waals surface area contributed by atoms with Gasteiger partial charge in [-0.3, -0.25) is 9.59 Å². The fourth-order valence-corrected chi connectivity index (χ4v) is 4.22. The van der Waals surface area contributed by atoms with E-state index in [9.17, 15) is 18.0 Å². The molecule has 1 fully saturated rings. The second kappa shape index (κ2) is 7.12. The lowest BCUT2D eigenvalue weighted by molar-refractivity contribution is -0.124. The maximum atomic E-state index is 12.4. The van der Waals surface area contributed by atoms with Crippen molar-refractivity contribution in [2.45, 2.75) is 32.4 Å². The van der Waals surface area contributed by atoms with Crippen LogP contribution in [0.25, 0.3) is 0 Å². The maximum absolute atomic E-state index is 12.4. The van der Waals surface area contributed by atoms with Gasteiger partial charge in [0.15, 0.2) is 9.84 Å². The number of rotatable bonds is 5. The van der Waals surface area contributed by atoms with Crippen LogP contribution in [0, 0.1) is 5.92 Å². The first-order valence-electron chi connectivity index (χ1n) is 7.65. The summed E-state index contributed by atoms with van der Waals surface area (Å²) in [7, 11) is -3.06. The van der Waals surface area contributed by atoms with Gasteiger partial charge in [0.1, 0.15) is 6.04 Å². The Bertz CT molecular complexity index is 671. The molecule has 0 radical (unpaired) electrons. The van der Waals surface area contributed by atoms with Crippen LogP contribution in [0.2, 0.25) is 0 Å². The Hall–Kier alpha value is -1.89. The van der Waals surface area contributed by atoms with Gasteiger partial charge in [0.2, 0.25) is 5.91 Å². The third-order valence-corrected chi connectivity index (χ3v) is 5.62. The van der Waals surface area contributed by atoms with Crippen molar-refractivity contribution >= 4 is 21.7 Å². The Morgan fingerprint density at radius 1 is 1.17 bits per heavy atom. The molecule has 1 aromatic carbocycles. The topological polar surface area (TPSA) is 92.3 Å². The second-order valence-corrected chi connectivity index (χ2v) is 8.40. The fourth-order valence-electron chi connectivity index (χ4n) is 2.55. The highest BCUT2D eigenvalue weighted by Gasteiger charge is 2.32. The highest BCUT2D eigenvalue weighted by molar-refractivity contribution is 7.91. The maximum Gasteiger partial charge on any atom is 0.251 e. The SMILES string of the molecule is CC(C)C(NC(=O)c1ccccc1)C(=O)NC1CCS(=O)(=O)C1. The molecule has 2 N–H and O–H groups in total. The molecule has 0 saturated carbocycles. The van der Waals surface area contributed by atoms with Gasteiger partial charge >= 0.3 is 0 Å². The van der Waals surface area contributed by atoms with Crippen LogP contribution in [0.1, 0.15) is 30.6 Å². The Balaban J connectivity index is 2.01. The summed E-state index contributed by atoms with van der Waals surface area (Å²) >= 11 is 0. The molecule has 2 atom stereocenters. The van der Waals surface area contributed by atoms with Crippen molar-refractivity contribution in [2.75, 3.05) is 11.5 Å². The van der Waals surface area contributed by atoms with Gasteiger partial charge in [-0.2, -0.15) is 0 Å². The van der Waals surface area contributed by atoms with Crippen molar-refractivity contribution in [2.24, 2.45) is 5.92 Å². The van der Waals surface area contributed by atoms with Gasteiger partial charge in [0.25, 0.3) is 5.91 Å². The minimum atomic E-state index is -3.06. The summed E-state index contributed by atoms with van der Waals surface area (Å²) in [6.07, 6.45) is 0.422. The number of hydrogen-bond acceptors (Lipinski definition) is 4. The standard InChI is InChI=1S/C16H22N2O4S/c1-11(2)14(18-15(19)12-6-4-3-5-7-12)16(20)17-13-8-9-23(21,22)10-13/h3-7,11,13-14H,8-10H2,1-2H3,(H,17,20)(H,18,19). The van der Waals surface area contributed by atoms with E-state index in [-0.39, 0.29) is 35.3 Å². The average Bonchev–Trinajstić information content (AvgIpc) is 2.83. The molecule has 0 spiro atoms. The van der Waals surface area contributed by atoms with Crippen LogP contribution in [-0.2, 0) is 14.6 Å². The summed E-state index contributed by atoms with van der Waals surface area (Å²) in [6, 6.07) is 7.59. The van der Waals surface area contributed by atoms with E-state index in [4.69, 9.17) is 0 Å². The summed E-state index contributed by atoms with van der Waals surface area (Å²) < 4.78 is 22.9. The summed E-state index contributed by atoms with van der Waals surface area (Å²) in [5.74, 6) is -0.706. The Morgan fingerprint density at radius 2 is 1.83 bits per heavy atom. The predicted molar refractivity (Wildman–Crippen MR) is 87.7 cm³/mol. The van der Waals surface area contributed by atoms with Crippen molar-refractivity contribution < 1.29 is 18.0 Å². The van der Waals surface area contributed by atoms with E-state index in [1.54, 1.807) is 24.3 Å². The van der Waals surface area contributed by atoms with E-state index in [0.29, 0.717) is 12.0 Å². The van der Waals surface area contributed by atoms with E-state index in [1.165, 1.54) is 0 Å². The summed E-state index contributed by atoms with van der Waals surface area (Å²) in [5, 5.41) is 5.47. The predicted octanol–water partition coefficient (Wildman–Crippen LogP) is 0.744. The van der Waals surface area contributed by atoms with Crippen LogP contribution in [0.4, 0.5) is 0 Å². The Labute approximate surface area is 136 Å². The summed E-state index contributed by atoms with van der Waals surface area (Å²) in [4.78, 5) is 24.6. The molecular weight excluding hydrogens is 316 g/mol. The number of amides is 2. The molecule has 1 aromatic rings. The molecule has 0 aliphatic carbocycles. The number of hydrogen-bond donors (Lipinski definition) is 2. The molecule has 0 aromatic heterocycles. The molecule has 2 unspecified atom stereocenters. The number of nitrogens with one attached hydrogen (secondary N) is 2. The smallest absolute Gasteiger partial charge is 0.251 e. The number of carbonyl (C=O) groups is 2. The van der Waals surface area contributed by atoms with Gasteiger partial charge in [0.05, 0.1) is 11.5 Å². The fraction of sp³-hybridized carbons (Fsp3) is 0.500. The monoisotopic (exact) mass is 338 g/mol. The van der Waals surface area contributed by atoms with Crippen molar-refractivity contribution in [3.63, 3.8) is 0 Å². The number of carbonyl (C=O) groups excluding carboxylic acids is 2. The van der Waals surface area contributed by atoms with Crippen LogP contribution in [0.5, 0.6) is 0 Å². The molecule has 2 rings (SSSR count). The molecule has 1 aliphatic heterocycles. The van der Waals surface area contributed by atoms with Gasteiger partial charge in [0, 0.05) is 11.6 Å². The van der Waals surface area contributed by atoms with E-state index >= 15 is 0 Å².